The molecule has 0 aliphatic heterocycles. The Bertz CT molecular complexity index is 488. The molecular formula is C9H23N5O7P2. The lowest BCUT2D eigenvalue weighted by atomic mass is 10.1. The molecule has 10 N–H and O–H groups in total. The van der Waals surface area contributed by atoms with Crippen molar-refractivity contribution in [3.05, 3.63) is 0 Å². The zero-order chi connectivity index (χ0) is 18.3. The molecule has 1 amide bonds. The van der Waals surface area contributed by atoms with Crippen LogP contribution in [0.4, 0.5) is 0 Å². The molecule has 23 heavy (non-hydrogen) atoms. The minimum atomic E-state index is -4.69. The highest BCUT2D eigenvalue weighted by molar-refractivity contribution is 7.52. The number of rotatable bonds is 10. The van der Waals surface area contributed by atoms with Gasteiger partial charge in [-0.2, -0.15) is 0 Å². The monoisotopic (exact) mass is 375 g/mol. The average molecular weight is 375 g/mol. The van der Waals surface area contributed by atoms with Crippen LogP contribution in [-0.4, -0.2) is 61.5 Å². The maximum Gasteiger partial charge on any atom is 0.344 e. The molecule has 0 aliphatic carbocycles. The number of hydrogen-bond acceptors (Lipinski definition) is 5. The molecule has 0 bridgehead atoms. The minimum absolute atomic E-state index is 0.0696. The van der Waals surface area contributed by atoms with Crippen molar-refractivity contribution in [2.75, 3.05) is 19.1 Å². The number of carbonyl (C=O) groups excluding carboxylic acids is 1. The summed E-state index contributed by atoms with van der Waals surface area (Å²) in [6, 6.07) is -1.15. The fourth-order valence-electron chi connectivity index (χ4n) is 1.67. The third-order valence-electron chi connectivity index (χ3n) is 2.56. The first-order valence-corrected chi connectivity index (χ1v) is 10.1. The van der Waals surface area contributed by atoms with Gasteiger partial charge in [0.05, 0.1) is 6.04 Å². The van der Waals surface area contributed by atoms with Crippen LogP contribution < -0.4 is 17.2 Å². The van der Waals surface area contributed by atoms with E-state index in [4.69, 9.17) is 36.8 Å². The molecule has 0 unspecified atom stereocenters. The van der Waals surface area contributed by atoms with Gasteiger partial charge in [0, 0.05) is 6.54 Å². The Morgan fingerprint density at radius 2 is 1.52 bits per heavy atom. The lowest BCUT2D eigenvalue weighted by Crippen LogP contribution is -2.44. The molecule has 14 heteroatoms. The van der Waals surface area contributed by atoms with Crippen molar-refractivity contribution < 1.29 is 33.5 Å². The van der Waals surface area contributed by atoms with Crippen molar-refractivity contribution in [3.63, 3.8) is 0 Å². The van der Waals surface area contributed by atoms with Gasteiger partial charge in [-0.25, -0.2) is 0 Å². The van der Waals surface area contributed by atoms with E-state index >= 15 is 0 Å². The first-order valence-electron chi connectivity index (χ1n) is 6.51. The molecule has 0 spiro atoms. The molecule has 12 nitrogen and oxygen atoms in total. The summed E-state index contributed by atoms with van der Waals surface area (Å²) in [5, 5.41) is 0. The van der Waals surface area contributed by atoms with E-state index in [1.807, 2.05) is 0 Å². The van der Waals surface area contributed by atoms with E-state index < -0.39 is 39.7 Å². The third-order valence-corrected chi connectivity index (χ3v) is 3.98. The van der Waals surface area contributed by atoms with Crippen molar-refractivity contribution in [2.24, 2.45) is 22.2 Å². The molecule has 1 atom stereocenters. The topological polar surface area (TPSA) is 226 Å². The molecule has 0 rings (SSSR count). The summed E-state index contributed by atoms with van der Waals surface area (Å²) in [6.07, 6.45) is -1.10. The maximum atomic E-state index is 12.0. The number of amides is 1. The molecule has 136 valence electrons. The number of nitrogens with zero attached hydrogens (tertiary/aromatic N) is 2. The van der Waals surface area contributed by atoms with Crippen LogP contribution in [0.2, 0.25) is 0 Å². The van der Waals surface area contributed by atoms with Gasteiger partial charge in [-0.1, -0.05) is 0 Å². The summed E-state index contributed by atoms with van der Waals surface area (Å²) in [5.74, 6) is -1.02. The van der Waals surface area contributed by atoms with Crippen LogP contribution in [-0.2, 0) is 13.9 Å². The van der Waals surface area contributed by atoms with E-state index in [1.54, 1.807) is 0 Å². The van der Waals surface area contributed by atoms with Gasteiger partial charge in [0.1, 0.15) is 12.6 Å². The zero-order valence-corrected chi connectivity index (χ0v) is 14.1. The zero-order valence-electron chi connectivity index (χ0n) is 12.4. The van der Waals surface area contributed by atoms with Crippen molar-refractivity contribution in [1.82, 2.24) is 4.90 Å². The van der Waals surface area contributed by atoms with E-state index in [-0.39, 0.29) is 12.4 Å². The minimum Gasteiger partial charge on any atom is -0.370 e. The van der Waals surface area contributed by atoms with E-state index in [0.717, 1.165) is 0 Å². The van der Waals surface area contributed by atoms with E-state index in [1.165, 1.54) is 0 Å². The van der Waals surface area contributed by atoms with Crippen molar-refractivity contribution >= 4 is 27.1 Å². The molecule has 0 radical (unpaired) electrons. The number of guanidine groups is 1. The van der Waals surface area contributed by atoms with Gasteiger partial charge < -0.3 is 41.7 Å². The first kappa shape index (κ1) is 22.0. The second-order valence-electron chi connectivity index (χ2n) is 4.90. The average Bonchev–Trinajstić information content (AvgIpc) is 2.32. The maximum absolute atomic E-state index is 12.0. The highest BCUT2D eigenvalue weighted by Gasteiger charge is 2.31. The van der Waals surface area contributed by atoms with E-state index in [2.05, 4.69) is 4.99 Å². The van der Waals surface area contributed by atoms with Crippen LogP contribution in [0.5, 0.6) is 0 Å². The van der Waals surface area contributed by atoms with Crippen molar-refractivity contribution in [1.29, 1.82) is 0 Å². The van der Waals surface area contributed by atoms with Crippen molar-refractivity contribution in [3.8, 4) is 0 Å². The van der Waals surface area contributed by atoms with Gasteiger partial charge in [-0.15, -0.1) is 0 Å². The molecule has 0 aromatic heterocycles. The summed E-state index contributed by atoms with van der Waals surface area (Å²) in [7, 11) is -9.38. The van der Waals surface area contributed by atoms with Crippen LogP contribution >= 0.6 is 15.2 Å². The summed E-state index contributed by atoms with van der Waals surface area (Å²) in [6.45, 7) is 0.331. The molecule has 0 fully saturated rings. The van der Waals surface area contributed by atoms with Gasteiger partial charge in [-0.05, 0) is 19.3 Å². The Labute approximate surface area is 133 Å². The highest BCUT2D eigenvalue weighted by atomic mass is 31.2. The predicted molar refractivity (Wildman–Crippen MR) is 83.2 cm³/mol. The number of unbranched alkanes of at least 4 members (excludes halogenated alkanes) is 1. The van der Waals surface area contributed by atoms with Crippen molar-refractivity contribution in [2.45, 2.75) is 25.3 Å². The van der Waals surface area contributed by atoms with Gasteiger partial charge in [0.15, 0.2) is 5.96 Å². The van der Waals surface area contributed by atoms with Gasteiger partial charge >= 0.3 is 15.2 Å². The van der Waals surface area contributed by atoms with Gasteiger partial charge in [0.2, 0.25) is 5.91 Å². The summed E-state index contributed by atoms with van der Waals surface area (Å²) >= 11 is 0. The van der Waals surface area contributed by atoms with Crippen LogP contribution in [0.15, 0.2) is 4.99 Å². The lowest BCUT2D eigenvalue weighted by molar-refractivity contribution is -0.131. The van der Waals surface area contributed by atoms with Crippen LogP contribution in [0.25, 0.3) is 0 Å². The molecule has 0 aliphatic rings. The van der Waals surface area contributed by atoms with Crippen LogP contribution in [0.3, 0.4) is 0 Å². The quantitative estimate of drug-likeness (QED) is 0.0948. The van der Waals surface area contributed by atoms with Gasteiger partial charge in [0.25, 0.3) is 0 Å². The Morgan fingerprint density at radius 1 is 1.04 bits per heavy atom. The third kappa shape index (κ3) is 12.1. The Morgan fingerprint density at radius 3 is 1.91 bits per heavy atom. The fourth-order valence-corrected chi connectivity index (χ4v) is 3.20. The number of carbonyl (C=O) groups is 1. The molecule has 0 aromatic rings. The second kappa shape index (κ2) is 9.33. The highest BCUT2D eigenvalue weighted by Crippen LogP contribution is 2.41. The summed E-state index contributed by atoms with van der Waals surface area (Å²) < 4.78 is 22.0. The summed E-state index contributed by atoms with van der Waals surface area (Å²) in [5.41, 5.74) is 15.9. The normalized spacial score (nSPS) is 13.4. The molecule has 0 saturated carbocycles. The molecular weight excluding hydrogens is 352 g/mol. The summed E-state index contributed by atoms with van der Waals surface area (Å²) in [4.78, 5) is 51.7. The van der Waals surface area contributed by atoms with E-state index in [9.17, 15) is 13.9 Å². The Hall–Kier alpha value is -1.00. The van der Waals surface area contributed by atoms with Crippen LogP contribution in [0, 0.1) is 0 Å². The first-order chi connectivity index (χ1) is 10.3. The molecule has 0 saturated heterocycles. The van der Waals surface area contributed by atoms with Crippen LogP contribution in [0.1, 0.15) is 19.3 Å². The smallest absolute Gasteiger partial charge is 0.344 e. The number of aliphatic imine (C=N–C) groups is 1. The Balaban J connectivity index is 4.64. The molecule has 0 heterocycles. The standard InChI is InChI=1S/C9H23N5O7P2/c10-7(3-1-2-4-13-9(11)12)8(15)14(5-22(16,17)18)6-23(19,20)21/h7H,1-6,10H2,(H4,11,12,13)(H2,16,17,18)(H2,19,20,21)/t7-/m0/s1. The lowest BCUT2D eigenvalue weighted by Gasteiger charge is -2.26. The molecule has 0 aromatic carbocycles. The van der Waals surface area contributed by atoms with E-state index in [0.29, 0.717) is 24.3 Å². The second-order valence-corrected chi connectivity index (χ2v) is 8.12. The SMILES string of the molecule is NC(N)=NCCCC[C@H](N)C(=O)N(CP(=O)(O)O)CP(=O)(O)O. The largest absolute Gasteiger partial charge is 0.370 e. The Kier molecular flexibility index (Phi) is 8.93. The number of nitrogens with two attached hydrogens (primary N) is 3. The number of hydrogen-bond donors (Lipinski definition) is 7. The predicted octanol–water partition coefficient (Wildman–Crippen LogP) is -2.14. The van der Waals surface area contributed by atoms with Gasteiger partial charge in [-0.3, -0.25) is 18.9 Å². The fraction of sp³-hybridized carbons (Fsp3) is 0.778.